The van der Waals surface area contributed by atoms with Gasteiger partial charge in [0.1, 0.15) is 15.1 Å². The standard InChI is InChI=1S/C8H5Cl3O5S2/c9-3-4(10)7(13)8(5(11)6(3)12)17-1-2-18(14,15)16/h1-2H2,(H,14,15,16). The van der Waals surface area contributed by atoms with E-state index in [1.807, 2.05) is 0 Å². The lowest BCUT2D eigenvalue weighted by atomic mass is 10.1. The first-order chi connectivity index (χ1) is 8.15. The van der Waals surface area contributed by atoms with Crippen molar-refractivity contribution >= 4 is 68.2 Å². The SMILES string of the molecule is O=C1C(Cl)=C(Cl)C(=O)C(SCCS(=O)(=O)O)=C1Cl. The first-order valence-electron chi connectivity index (χ1n) is 4.27. The number of hydrogen-bond acceptors (Lipinski definition) is 5. The molecule has 0 saturated heterocycles. The number of carbonyl (C=O) groups is 2. The van der Waals surface area contributed by atoms with Crippen LogP contribution in [-0.4, -0.2) is 36.0 Å². The van der Waals surface area contributed by atoms with Gasteiger partial charge in [0.05, 0.1) is 10.7 Å². The van der Waals surface area contributed by atoms with Gasteiger partial charge in [0.25, 0.3) is 10.1 Å². The van der Waals surface area contributed by atoms with E-state index in [1.165, 1.54) is 0 Å². The summed E-state index contributed by atoms with van der Waals surface area (Å²) in [7, 11) is -4.15. The molecule has 0 bridgehead atoms. The zero-order chi connectivity index (χ0) is 14.1. The minimum Gasteiger partial charge on any atom is -0.287 e. The average Bonchev–Trinajstić information content (AvgIpc) is 2.27. The first-order valence-corrected chi connectivity index (χ1v) is 8.00. The fraction of sp³-hybridized carbons (Fsp3) is 0.250. The Hall–Kier alpha value is -0.0500. The number of rotatable bonds is 4. The van der Waals surface area contributed by atoms with Crippen LogP contribution in [0.3, 0.4) is 0 Å². The first kappa shape index (κ1) is 16.0. The Balaban J connectivity index is 2.89. The van der Waals surface area contributed by atoms with Crippen molar-refractivity contribution in [2.45, 2.75) is 0 Å². The van der Waals surface area contributed by atoms with Crippen molar-refractivity contribution in [3.8, 4) is 0 Å². The van der Waals surface area contributed by atoms with Crippen molar-refractivity contribution in [2.24, 2.45) is 0 Å². The van der Waals surface area contributed by atoms with Gasteiger partial charge in [-0.25, -0.2) is 0 Å². The van der Waals surface area contributed by atoms with Crippen LogP contribution in [0.5, 0.6) is 0 Å². The van der Waals surface area contributed by atoms with E-state index in [4.69, 9.17) is 39.4 Å². The summed E-state index contributed by atoms with van der Waals surface area (Å²) in [6.45, 7) is 0. The molecule has 0 aromatic rings. The van der Waals surface area contributed by atoms with E-state index in [9.17, 15) is 18.0 Å². The van der Waals surface area contributed by atoms with Crippen LogP contribution in [0.1, 0.15) is 0 Å². The summed E-state index contributed by atoms with van der Waals surface area (Å²) in [4.78, 5) is 22.9. The van der Waals surface area contributed by atoms with E-state index >= 15 is 0 Å². The number of halogens is 3. The zero-order valence-electron chi connectivity index (χ0n) is 8.44. The average molecular weight is 352 g/mol. The van der Waals surface area contributed by atoms with Crippen LogP contribution in [0.25, 0.3) is 0 Å². The normalized spacial score (nSPS) is 17.8. The Morgan fingerprint density at radius 1 is 1.00 bits per heavy atom. The molecule has 18 heavy (non-hydrogen) atoms. The molecule has 1 N–H and O–H groups in total. The summed E-state index contributed by atoms with van der Waals surface area (Å²) in [6.07, 6.45) is 0. The van der Waals surface area contributed by atoms with E-state index < -0.39 is 42.5 Å². The lowest BCUT2D eigenvalue weighted by Crippen LogP contribution is -2.17. The Bertz CT molecular complexity index is 576. The van der Waals surface area contributed by atoms with Crippen molar-refractivity contribution in [1.82, 2.24) is 0 Å². The molecule has 0 aliphatic heterocycles. The Kier molecular flexibility index (Phi) is 5.28. The van der Waals surface area contributed by atoms with E-state index in [0.717, 1.165) is 0 Å². The lowest BCUT2D eigenvalue weighted by Gasteiger charge is -2.13. The molecule has 0 atom stereocenters. The van der Waals surface area contributed by atoms with Gasteiger partial charge in [-0.2, -0.15) is 8.42 Å². The Labute approximate surface area is 122 Å². The van der Waals surface area contributed by atoms with Crippen LogP contribution in [0.15, 0.2) is 20.0 Å². The summed E-state index contributed by atoms with van der Waals surface area (Å²) >= 11 is 17.4. The predicted octanol–water partition coefficient (Wildman–Crippen LogP) is 1.90. The highest BCUT2D eigenvalue weighted by atomic mass is 35.5. The topological polar surface area (TPSA) is 88.5 Å². The third-order valence-corrected chi connectivity index (χ3v) is 5.14. The van der Waals surface area contributed by atoms with Gasteiger partial charge >= 0.3 is 0 Å². The largest absolute Gasteiger partial charge is 0.287 e. The maximum Gasteiger partial charge on any atom is 0.265 e. The molecule has 0 amide bonds. The molecule has 0 radical (unpaired) electrons. The highest BCUT2D eigenvalue weighted by molar-refractivity contribution is 8.04. The van der Waals surface area contributed by atoms with E-state index in [1.54, 1.807) is 0 Å². The molecule has 1 aliphatic carbocycles. The van der Waals surface area contributed by atoms with Crippen molar-refractivity contribution in [3.63, 3.8) is 0 Å². The molecule has 1 aliphatic rings. The number of allylic oxidation sites excluding steroid dienone is 4. The fourth-order valence-electron chi connectivity index (χ4n) is 0.976. The van der Waals surface area contributed by atoms with Gasteiger partial charge in [-0.15, -0.1) is 11.8 Å². The van der Waals surface area contributed by atoms with E-state index in [0.29, 0.717) is 11.8 Å². The minimum atomic E-state index is -4.15. The monoisotopic (exact) mass is 350 g/mol. The van der Waals surface area contributed by atoms with Gasteiger partial charge in [0.2, 0.25) is 11.6 Å². The molecule has 0 aromatic carbocycles. The second-order valence-electron chi connectivity index (χ2n) is 3.06. The summed E-state index contributed by atoms with van der Waals surface area (Å²) in [6, 6.07) is 0. The van der Waals surface area contributed by atoms with E-state index in [2.05, 4.69) is 0 Å². The molecule has 5 nitrogen and oxygen atoms in total. The molecule has 10 heteroatoms. The van der Waals surface area contributed by atoms with Gasteiger partial charge in [0, 0.05) is 5.75 Å². The summed E-state index contributed by atoms with van der Waals surface area (Å²) < 4.78 is 29.5. The third kappa shape index (κ3) is 3.72. The van der Waals surface area contributed by atoms with Crippen LogP contribution in [-0.2, 0) is 19.7 Å². The molecule has 0 saturated carbocycles. The molecule has 100 valence electrons. The molecule has 0 aromatic heterocycles. The Morgan fingerprint density at radius 3 is 2.00 bits per heavy atom. The van der Waals surface area contributed by atoms with Gasteiger partial charge in [-0.05, 0) is 0 Å². The van der Waals surface area contributed by atoms with Crippen molar-refractivity contribution in [2.75, 3.05) is 11.5 Å². The van der Waals surface area contributed by atoms with Gasteiger partial charge < -0.3 is 0 Å². The maximum atomic E-state index is 11.6. The highest BCUT2D eigenvalue weighted by Gasteiger charge is 2.32. The number of thioether (sulfide) groups is 1. The second kappa shape index (κ2) is 5.94. The van der Waals surface area contributed by atoms with E-state index in [-0.39, 0.29) is 10.7 Å². The molecular formula is C8H5Cl3O5S2. The highest BCUT2D eigenvalue weighted by Crippen LogP contribution is 2.36. The van der Waals surface area contributed by atoms with Crippen LogP contribution < -0.4 is 0 Å². The zero-order valence-corrected chi connectivity index (χ0v) is 12.3. The molecule has 0 fully saturated rings. The van der Waals surface area contributed by atoms with Crippen molar-refractivity contribution in [1.29, 1.82) is 0 Å². The van der Waals surface area contributed by atoms with Crippen LogP contribution in [0.2, 0.25) is 0 Å². The number of Topliss-reactive ketones (excluding diaryl/α,β-unsaturated/α-hetero) is 2. The summed E-state index contributed by atoms with van der Waals surface area (Å²) in [5.41, 5.74) is 0. The van der Waals surface area contributed by atoms with Crippen LogP contribution in [0.4, 0.5) is 0 Å². The molecule has 0 unspecified atom stereocenters. The van der Waals surface area contributed by atoms with Gasteiger partial charge in [-0.3, -0.25) is 14.1 Å². The predicted molar refractivity (Wildman–Crippen MR) is 70.5 cm³/mol. The van der Waals surface area contributed by atoms with Gasteiger partial charge in [-0.1, -0.05) is 34.8 Å². The van der Waals surface area contributed by atoms with Crippen LogP contribution in [0, 0.1) is 0 Å². The van der Waals surface area contributed by atoms with Crippen molar-refractivity contribution in [3.05, 3.63) is 20.0 Å². The molecule has 0 spiro atoms. The summed E-state index contributed by atoms with van der Waals surface area (Å²) in [5, 5.41) is -1.33. The smallest absolute Gasteiger partial charge is 0.265 e. The molecule has 1 rings (SSSR count). The molecule has 0 heterocycles. The quantitative estimate of drug-likeness (QED) is 0.615. The third-order valence-electron chi connectivity index (χ3n) is 1.78. The number of hydrogen-bond donors (Lipinski definition) is 1. The number of ketones is 2. The summed E-state index contributed by atoms with van der Waals surface area (Å²) in [5.74, 6) is -2.27. The number of carbonyl (C=O) groups excluding carboxylic acids is 2. The Morgan fingerprint density at radius 2 is 1.50 bits per heavy atom. The fourth-order valence-corrected chi connectivity index (χ4v) is 3.62. The van der Waals surface area contributed by atoms with Crippen molar-refractivity contribution < 1.29 is 22.6 Å². The van der Waals surface area contributed by atoms with Crippen LogP contribution >= 0.6 is 46.6 Å². The molecular weight excluding hydrogens is 347 g/mol. The van der Waals surface area contributed by atoms with Gasteiger partial charge in [0.15, 0.2) is 0 Å². The minimum absolute atomic E-state index is 0.148. The lowest BCUT2D eigenvalue weighted by molar-refractivity contribution is -0.114. The second-order valence-corrected chi connectivity index (χ2v) is 6.87. The maximum absolute atomic E-state index is 11.6.